The molecule has 0 aliphatic carbocycles. The van der Waals surface area contributed by atoms with Crippen molar-refractivity contribution in [3.05, 3.63) is 52.4 Å². The van der Waals surface area contributed by atoms with Crippen LogP contribution in [0.3, 0.4) is 0 Å². The zero-order valence-electron chi connectivity index (χ0n) is 11.8. The summed E-state index contributed by atoms with van der Waals surface area (Å²) in [6.07, 6.45) is 0. The Morgan fingerprint density at radius 2 is 1.95 bits per heavy atom. The molecule has 0 amide bonds. The second kappa shape index (κ2) is 6.62. The van der Waals surface area contributed by atoms with Crippen LogP contribution in [0.2, 0.25) is 5.02 Å². The van der Waals surface area contributed by atoms with Gasteiger partial charge in [0, 0.05) is 17.6 Å². The molecule has 5 nitrogen and oxygen atoms in total. The Hall–Kier alpha value is -1.34. The maximum Gasteiger partial charge on any atom is 0.244 e. The maximum atomic E-state index is 12.3. The number of hydrogen-bond acceptors (Lipinski definition) is 4. The van der Waals surface area contributed by atoms with Crippen molar-refractivity contribution in [2.45, 2.75) is 24.9 Å². The summed E-state index contributed by atoms with van der Waals surface area (Å²) in [5.74, 6) is 0.944. The lowest BCUT2D eigenvalue weighted by molar-refractivity contribution is 0.465. The number of furan rings is 1. The molecule has 0 saturated carbocycles. The van der Waals surface area contributed by atoms with Crippen LogP contribution in [0.4, 0.5) is 0 Å². The van der Waals surface area contributed by atoms with E-state index in [9.17, 15) is 8.42 Å². The Balaban J connectivity index is 2.17. The minimum absolute atomic E-state index is 0.133. The van der Waals surface area contributed by atoms with Crippen molar-refractivity contribution in [1.29, 1.82) is 0 Å². The van der Waals surface area contributed by atoms with Crippen LogP contribution >= 0.6 is 11.6 Å². The summed E-state index contributed by atoms with van der Waals surface area (Å²) in [6, 6.07) is 8.63. The number of hydrogen-bond donors (Lipinski definition) is 2. The lowest BCUT2D eigenvalue weighted by atomic mass is 10.2. The molecule has 1 aromatic heterocycles. The predicted molar refractivity (Wildman–Crippen MR) is 81.7 cm³/mol. The summed E-state index contributed by atoms with van der Waals surface area (Å²) >= 11 is 6.01. The van der Waals surface area contributed by atoms with Gasteiger partial charge in [0.1, 0.15) is 16.4 Å². The fourth-order valence-electron chi connectivity index (χ4n) is 1.94. The highest BCUT2D eigenvalue weighted by atomic mass is 35.5. The van der Waals surface area contributed by atoms with Gasteiger partial charge < -0.3 is 9.73 Å². The summed E-state index contributed by atoms with van der Waals surface area (Å²) in [6.45, 7) is 2.23. The van der Waals surface area contributed by atoms with Crippen molar-refractivity contribution in [2.75, 3.05) is 7.05 Å². The quantitative estimate of drug-likeness (QED) is 0.854. The molecule has 0 bridgehead atoms. The van der Waals surface area contributed by atoms with E-state index in [1.165, 1.54) is 6.07 Å². The molecule has 1 heterocycles. The average molecular weight is 329 g/mol. The predicted octanol–water partition coefficient (Wildman–Crippen LogP) is 2.44. The Bertz CT molecular complexity index is 726. The van der Waals surface area contributed by atoms with Gasteiger partial charge in [0.15, 0.2) is 0 Å². The summed E-state index contributed by atoms with van der Waals surface area (Å²) in [5.41, 5.74) is 0.722. The first-order chi connectivity index (χ1) is 9.94. The van der Waals surface area contributed by atoms with Gasteiger partial charge in [0.2, 0.25) is 10.0 Å². The number of nitrogens with one attached hydrogen (secondary N) is 2. The smallest absolute Gasteiger partial charge is 0.244 e. The molecule has 0 atom stereocenters. The molecule has 0 radical (unpaired) electrons. The molecular weight excluding hydrogens is 312 g/mol. The van der Waals surface area contributed by atoms with Crippen molar-refractivity contribution in [3.63, 3.8) is 0 Å². The van der Waals surface area contributed by atoms with Crippen molar-refractivity contribution < 1.29 is 12.8 Å². The highest BCUT2D eigenvalue weighted by Gasteiger charge is 2.21. The van der Waals surface area contributed by atoms with Gasteiger partial charge in [0.25, 0.3) is 0 Å². The zero-order chi connectivity index (χ0) is 15.5. The molecule has 2 rings (SSSR count). The largest absolute Gasteiger partial charge is 0.464 e. The van der Waals surface area contributed by atoms with Gasteiger partial charge in [-0.2, -0.15) is 0 Å². The maximum absolute atomic E-state index is 12.3. The Labute approximate surface area is 129 Å². The Kier molecular flexibility index (Phi) is 5.05. The first-order valence-electron chi connectivity index (χ1n) is 6.41. The van der Waals surface area contributed by atoms with Crippen molar-refractivity contribution in [2.24, 2.45) is 0 Å². The molecule has 21 heavy (non-hydrogen) atoms. The topological polar surface area (TPSA) is 71.3 Å². The van der Waals surface area contributed by atoms with Crippen LogP contribution in [0.5, 0.6) is 0 Å². The van der Waals surface area contributed by atoms with Crippen LogP contribution in [0.25, 0.3) is 0 Å². The molecular formula is C14H17ClN2O3S. The molecule has 1 aromatic carbocycles. The Morgan fingerprint density at radius 3 is 2.62 bits per heavy atom. The number of sulfonamides is 1. The van der Waals surface area contributed by atoms with Crippen molar-refractivity contribution in [1.82, 2.24) is 10.0 Å². The normalized spacial score (nSPS) is 11.8. The van der Waals surface area contributed by atoms with Gasteiger partial charge in [-0.05, 0) is 25.6 Å². The second-order valence-corrected chi connectivity index (χ2v) is 6.72. The third-order valence-electron chi connectivity index (χ3n) is 2.97. The van der Waals surface area contributed by atoms with Gasteiger partial charge in [-0.1, -0.05) is 29.8 Å². The van der Waals surface area contributed by atoms with Crippen molar-refractivity contribution >= 4 is 21.6 Å². The summed E-state index contributed by atoms with van der Waals surface area (Å²) in [4.78, 5) is 0.153. The average Bonchev–Trinajstić information content (AvgIpc) is 2.80. The fourth-order valence-corrected chi connectivity index (χ4v) is 3.35. The van der Waals surface area contributed by atoms with E-state index in [4.69, 9.17) is 16.0 Å². The Morgan fingerprint density at radius 1 is 1.24 bits per heavy atom. The summed E-state index contributed by atoms with van der Waals surface area (Å²) in [5, 5.41) is 3.44. The van der Waals surface area contributed by atoms with E-state index >= 15 is 0 Å². The molecule has 7 heteroatoms. The monoisotopic (exact) mass is 328 g/mol. The SMILES string of the molecule is CNCc1cc(S(=O)(=O)NCc2ccccc2Cl)c(C)o1. The molecule has 0 spiro atoms. The molecule has 2 N–H and O–H groups in total. The molecule has 0 fully saturated rings. The molecule has 2 aromatic rings. The summed E-state index contributed by atoms with van der Waals surface area (Å²) in [7, 11) is -1.87. The highest BCUT2D eigenvalue weighted by Crippen LogP contribution is 2.21. The number of benzene rings is 1. The molecule has 0 aliphatic heterocycles. The molecule has 0 aliphatic rings. The number of rotatable bonds is 6. The van der Waals surface area contributed by atoms with Gasteiger partial charge in [0.05, 0.1) is 6.54 Å². The minimum atomic E-state index is -3.63. The van der Waals surface area contributed by atoms with E-state index in [1.807, 2.05) is 6.07 Å². The van der Waals surface area contributed by atoms with Crippen LogP contribution in [-0.4, -0.2) is 15.5 Å². The minimum Gasteiger partial charge on any atom is -0.464 e. The van der Waals surface area contributed by atoms with Gasteiger partial charge in [-0.3, -0.25) is 0 Å². The first kappa shape index (κ1) is 16.0. The van der Waals surface area contributed by atoms with E-state index in [2.05, 4.69) is 10.0 Å². The third kappa shape index (κ3) is 3.85. The van der Waals surface area contributed by atoms with E-state index in [1.54, 1.807) is 32.2 Å². The van der Waals surface area contributed by atoms with Crippen molar-refractivity contribution in [3.8, 4) is 0 Å². The van der Waals surface area contributed by atoms with Gasteiger partial charge >= 0.3 is 0 Å². The van der Waals surface area contributed by atoms with Crippen LogP contribution in [-0.2, 0) is 23.1 Å². The summed E-state index contributed by atoms with van der Waals surface area (Å²) < 4.78 is 32.6. The van der Waals surface area contributed by atoms with E-state index in [-0.39, 0.29) is 11.4 Å². The van der Waals surface area contributed by atoms with Crippen LogP contribution in [0.1, 0.15) is 17.1 Å². The van der Waals surface area contributed by atoms with Crippen LogP contribution < -0.4 is 10.0 Å². The van der Waals surface area contributed by atoms with Gasteiger partial charge in [-0.25, -0.2) is 13.1 Å². The first-order valence-corrected chi connectivity index (χ1v) is 8.27. The molecule has 0 unspecified atom stereocenters. The second-order valence-electron chi connectivity index (χ2n) is 4.58. The molecule has 0 saturated heterocycles. The lowest BCUT2D eigenvalue weighted by Gasteiger charge is -2.07. The number of aryl methyl sites for hydroxylation is 1. The van der Waals surface area contributed by atoms with Gasteiger partial charge in [-0.15, -0.1) is 0 Å². The fraction of sp³-hybridized carbons (Fsp3) is 0.286. The highest BCUT2D eigenvalue weighted by molar-refractivity contribution is 7.89. The van der Waals surface area contributed by atoms with E-state index < -0.39 is 10.0 Å². The van der Waals surface area contributed by atoms with E-state index in [0.717, 1.165) is 5.56 Å². The van der Waals surface area contributed by atoms with Crippen LogP contribution in [0.15, 0.2) is 39.6 Å². The molecule has 114 valence electrons. The van der Waals surface area contributed by atoms with E-state index in [0.29, 0.717) is 23.1 Å². The zero-order valence-corrected chi connectivity index (χ0v) is 13.4. The number of halogens is 1. The van der Waals surface area contributed by atoms with Crippen LogP contribution in [0, 0.1) is 6.92 Å². The third-order valence-corrected chi connectivity index (χ3v) is 4.85. The standard InChI is InChI=1S/C14H17ClN2O3S/c1-10-14(7-12(20-10)9-16-2)21(18,19)17-8-11-5-3-4-6-13(11)15/h3-7,16-17H,8-9H2,1-2H3. The lowest BCUT2D eigenvalue weighted by Crippen LogP contribution is -2.23.